The summed E-state index contributed by atoms with van der Waals surface area (Å²) in [6.45, 7) is 8.67. The lowest BCUT2D eigenvalue weighted by Gasteiger charge is -2.22. The number of nitrogens with one attached hydrogen (secondary N) is 1. The average molecular weight is 282 g/mol. The molecule has 0 aromatic carbocycles. The second-order valence-electron chi connectivity index (χ2n) is 5.61. The van der Waals surface area contributed by atoms with E-state index in [-0.39, 0.29) is 0 Å². The molecule has 2 rings (SSSR count). The summed E-state index contributed by atoms with van der Waals surface area (Å²) < 4.78 is 0. The van der Waals surface area contributed by atoms with Crippen molar-refractivity contribution in [1.82, 2.24) is 9.97 Å². The highest BCUT2D eigenvalue weighted by atomic mass is 35.5. The molecular weight excluding hydrogens is 258 g/mol. The molecule has 1 aromatic rings. The lowest BCUT2D eigenvalue weighted by molar-refractivity contribution is 0.391. The van der Waals surface area contributed by atoms with Crippen LogP contribution < -0.4 is 5.32 Å². The minimum Gasteiger partial charge on any atom is -0.367 e. The van der Waals surface area contributed by atoms with Crippen molar-refractivity contribution in [1.29, 1.82) is 0 Å². The van der Waals surface area contributed by atoms with Crippen LogP contribution in [0, 0.1) is 18.8 Å². The molecule has 0 bridgehead atoms. The molecule has 0 amide bonds. The minimum absolute atomic E-state index is 0.513. The van der Waals surface area contributed by atoms with E-state index < -0.39 is 0 Å². The Balaban J connectivity index is 2.17. The van der Waals surface area contributed by atoms with Gasteiger partial charge in [-0.2, -0.15) is 0 Å². The molecule has 1 aromatic heterocycles. The highest BCUT2D eigenvalue weighted by Gasteiger charge is 2.32. The first-order valence-corrected chi connectivity index (χ1v) is 7.74. The Bertz CT molecular complexity index is 447. The molecule has 3 atom stereocenters. The van der Waals surface area contributed by atoms with Crippen LogP contribution in [0.25, 0.3) is 0 Å². The van der Waals surface area contributed by atoms with E-state index in [0.29, 0.717) is 17.1 Å². The van der Waals surface area contributed by atoms with Crippen LogP contribution in [-0.4, -0.2) is 16.0 Å². The predicted octanol–water partition coefficient (Wildman–Crippen LogP) is 4.24. The Morgan fingerprint density at radius 3 is 2.58 bits per heavy atom. The molecule has 1 N–H and O–H groups in total. The summed E-state index contributed by atoms with van der Waals surface area (Å²) in [5, 5.41) is 4.18. The lowest BCUT2D eigenvalue weighted by Crippen LogP contribution is -2.26. The van der Waals surface area contributed by atoms with Crippen LogP contribution in [0.15, 0.2) is 0 Å². The quantitative estimate of drug-likeness (QED) is 0.839. The van der Waals surface area contributed by atoms with Gasteiger partial charge in [-0.15, -0.1) is 0 Å². The maximum absolute atomic E-state index is 6.18. The van der Waals surface area contributed by atoms with Crippen LogP contribution in [-0.2, 0) is 6.42 Å². The zero-order valence-corrected chi connectivity index (χ0v) is 13.1. The first-order chi connectivity index (χ1) is 9.06. The van der Waals surface area contributed by atoms with Crippen LogP contribution in [0.4, 0.5) is 5.82 Å². The van der Waals surface area contributed by atoms with Gasteiger partial charge in [0.25, 0.3) is 0 Å². The third kappa shape index (κ3) is 3.02. The van der Waals surface area contributed by atoms with Gasteiger partial charge in [0.2, 0.25) is 0 Å². The first kappa shape index (κ1) is 14.6. The van der Waals surface area contributed by atoms with E-state index in [1.807, 2.05) is 6.92 Å². The number of aryl methyl sites for hydroxylation is 1. The van der Waals surface area contributed by atoms with Crippen LogP contribution >= 0.6 is 11.6 Å². The van der Waals surface area contributed by atoms with Gasteiger partial charge in [-0.05, 0) is 31.6 Å². The average Bonchev–Trinajstić information content (AvgIpc) is 2.75. The summed E-state index contributed by atoms with van der Waals surface area (Å²) in [6, 6.07) is 0.513. The van der Waals surface area contributed by atoms with Crippen LogP contribution in [0.2, 0.25) is 5.15 Å². The van der Waals surface area contributed by atoms with Gasteiger partial charge in [0, 0.05) is 18.0 Å². The maximum Gasteiger partial charge on any atom is 0.137 e. The molecule has 0 saturated heterocycles. The van der Waals surface area contributed by atoms with E-state index in [4.69, 9.17) is 11.6 Å². The Morgan fingerprint density at radius 2 is 2.00 bits per heavy atom. The fourth-order valence-electron chi connectivity index (χ4n) is 3.03. The normalized spacial score (nSPS) is 26.7. The van der Waals surface area contributed by atoms with E-state index in [1.165, 1.54) is 19.3 Å². The number of aromatic nitrogens is 2. The lowest BCUT2D eigenvalue weighted by atomic mass is 9.93. The molecule has 0 radical (unpaired) electrons. The summed E-state index contributed by atoms with van der Waals surface area (Å²) in [6.07, 6.45) is 4.62. The molecular formula is C15H24ClN3. The molecule has 106 valence electrons. The van der Waals surface area contributed by atoms with Crippen LogP contribution in [0.3, 0.4) is 0 Å². The van der Waals surface area contributed by atoms with Gasteiger partial charge in [-0.1, -0.05) is 38.8 Å². The van der Waals surface area contributed by atoms with Gasteiger partial charge in [0.15, 0.2) is 0 Å². The fourth-order valence-corrected chi connectivity index (χ4v) is 3.22. The minimum atomic E-state index is 0.513. The van der Waals surface area contributed by atoms with E-state index in [9.17, 15) is 0 Å². The molecule has 19 heavy (non-hydrogen) atoms. The van der Waals surface area contributed by atoms with Gasteiger partial charge in [0.05, 0.1) is 0 Å². The number of hydrogen-bond donors (Lipinski definition) is 1. The largest absolute Gasteiger partial charge is 0.367 e. The Morgan fingerprint density at radius 1 is 1.26 bits per heavy atom. The molecule has 1 fully saturated rings. The fraction of sp³-hybridized carbons (Fsp3) is 0.733. The topological polar surface area (TPSA) is 37.8 Å². The summed E-state index contributed by atoms with van der Waals surface area (Å²) >= 11 is 6.18. The number of halogens is 1. The van der Waals surface area contributed by atoms with Gasteiger partial charge in [0.1, 0.15) is 16.8 Å². The van der Waals surface area contributed by atoms with Gasteiger partial charge < -0.3 is 5.32 Å². The second kappa shape index (κ2) is 6.08. The summed E-state index contributed by atoms with van der Waals surface area (Å²) in [4.78, 5) is 8.88. The molecule has 3 nitrogen and oxygen atoms in total. The molecule has 1 aliphatic carbocycles. The number of hydrogen-bond acceptors (Lipinski definition) is 3. The Hall–Kier alpha value is -0.830. The van der Waals surface area contributed by atoms with Crippen molar-refractivity contribution in [2.75, 3.05) is 5.32 Å². The van der Waals surface area contributed by atoms with E-state index in [1.54, 1.807) is 0 Å². The van der Waals surface area contributed by atoms with Crippen molar-refractivity contribution in [2.45, 2.75) is 59.4 Å². The number of nitrogens with zero attached hydrogens (tertiary/aromatic N) is 2. The van der Waals surface area contributed by atoms with Crippen LogP contribution in [0.1, 0.15) is 51.4 Å². The van der Waals surface area contributed by atoms with E-state index in [0.717, 1.165) is 29.5 Å². The molecule has 1 saturated carbocycles. The summed E-state index contributed by atoms with van der Waals surface area (Å²) in [5.41, 5.74) is 0.964. The van der Waals surface area contributed by atoms with Crippen LogP contribution in [0.5, 0.6) is 0 Å². The Kier molecular flexibility index (Phi) is 4.67. The van der Waals surface area contributed by atoms with Gasteiger partial charge >= 0.3 is 0 Å². The van der Waals surface area contributed by atoms with E-state index in [2.05, 4.69) is 36.1 Å². The number of anilines is 1. The molecule has 1 aliphatic rings. The number of rotatable bonds is 4. The van der Waals surface area contributed by atoms with Crippen molar-refractivity contribution in [3.05, 3.63) is 16.5 Å². The first-order valence-electron chi connectivity index (χ1n) is 7.36. The third-order valence-corrected chi connectivity index (χ3v) is 4.89. The highest BCUT2D eigenvalue weighted by Crippen LogP contribution is 2.36. The van der Waals surface area contributed by atoms with Crippen molar-refractivity contribution >= 4 is 17.4 Å². The standard InChI is InChI=1S/C15H24ClN3/c1-5-11-7-8-12(9(11)3)17-15-10(4)14(16)18-13(6-2)19-15/h9,11-12H,5-8H2,1-4H3,(H,17,18,19). The van der Waals surface area contributed by atoms with Gasteiger partial charge in [-0.25, -0.2) is 9.97 Å². The summed E-state index contributed by atoms with van der Waals surface area (Å²) in [7, 11) is 0. The second-order valence-corrected chi connectivity index (χ2v) is 5.97. The van der Waals surface area contributed by atoms with Crippen molar-refractivity contribution in [3.8, 4) is 0 Å². The summed E-state index contributed by atoms with van der Waals surface area (Å²) in [5.74, 6) is 3.27. The molecule has 1 heterocycles. The predicted molar refractivity (Wildman–Crippen MR) is 80.7 cm³/mol. The smallest absolute Gasteiger partial charge is 0.137 e. The zero-order valence-electron chi connectivity index (χ0n) is 12.3. The zero-order chi connectivity index (χ0) is 14.0. The monoisotopic (exact) mass is 281 g/mol. The molecule has 0 spiro atoms. The van der Waals surface area contributed by atoms with Crippen molar-refractivity contribution in [2.24, 2.45) is 11.8 Å². The SMILES string of the molecule is CCc1nc(Cl)c(C)c(NC2CCC(CC)C2C)n1. The molecule has 4 heteroatoms. The molecule has 0 aliphatic heterocycles. The van der Waals surface area contributed by atoms with Crippen molar-refractivity contribution in [3.63, 3.8) is 0 Å². The van der Waals surface area contributed by atoms with E-state index >= 15 is 0 Å². The third-order valence-electron chi connectivity index (χ3n) is 4.52. The maximum atomic E-state index is 6.18. The van der Waals surface area contributed by atoms with Crippen molar-refractivity contribution < 1.29 is 0 Å². The Labute approximate surface area is 121 Å². The highest BCUT2D eigenvalue weighted by molar-refractivity contribution is 6.30. The van der Waals surface area contributed by atoms with Gasteiger partial charge in [-0.3, -0.25) is 0 Å². The molecule has 3 unspecified atom stereocenters.